The number of thioether (sulfide) groups is 1. The van der Waals surface area contributed by atoms with Gasteiger partial charge in [0.25, 0.3) is 0 Å². The minimum Gasteiger partial charge on any atom is -0.493 e. The van der Waals surface area contributed by atoms with Crippen LogP contribution in [0.25, 0.3) is 0 Å². The average molecular weight is 285 g/mol. The van der Waals surface area contributed by atoms with E-state index in [9.17, 15) is 0 Å². The van der Waals surface area contributed by atoms with Crippen LogP contribution in [0.4, 0.5) is 0 Å². The minimum atomic E-state index is 0.575. The molecule has 1 atom stereocenters. The molecule has 20 heavy (non-hydrogen) atoms. The second kappa shape index (κ2) is 6.33. The highest BCUT2D eigenvalue weighted by Crippen LogP contribution is 2.36. The summed E-state index contributed by atoms with van der Waals surface area (Å²) < 4.78 is 5.72. The molecule has 3 heteroatoms. The standard InChI is InChI=1S/C17H19NOS/c18-11-13-4-3-5-15(10-13)20-12-14-8-9-19-17-7-2-1-6-16(14)17/h1-7,10,14H,8-9,11-12,18H2. The molecule has 3 rings (SSSR count). The van der Waals surface area contributed by atoms with Crippen LogP contribution >= 0.6 is 11.8 Å². The van der Waals surface area contributed by atoms with Crippen LogP contribution < -0.4 is 10.5 Å². The van der Waals surface area contributed by atoms with Crippen molar-refractivity contribution in [3.63, 3.8) is 0 Å². The van der Waals surface area contributed by atoms with Gasteiger partial charge in [-0.1, -0.05) is 30.3 Å². The van der Waals surface area contributed by atoms with Crippen LogP contribution in [0.1, 0.15) is 23.5 Å². The van der Waals surface area contributed by atoms with Crippen LogP contribution in [-0.4, -0.2) is 12.4 Å². The van der Waals surface area contributed by atoms with E-state index in [0.717, 1.165) is 24.5 Å². The zero-order valence-corrected chi connectivity index (χ0v) is 12.2. The Balaban J connectivity index is 1.70. The molecule has 0 aromatic heterocycles. The summed E-state index contributed by atoms with van der Waals surface area (Å²) in [7, 11) is 0. The summed E-state index contributed by atoms with van der Waals surface area (Å²) in [4.78, 5) is 1.30. The lowest BCUT2D eigenvalue weighted by molar-refractivity contribution is 0.273. The Labute approximate surface area is 124 Å². The molecule has 104 valence electrons. The molecular formula is C17H19NOS. The molecule has 0 bridgehead atoms. The fraction of sp³-hybridized carbons (Fsp3) is 0.294. The molecule has 0 spiro atoms. The fourth-order valence-electron chi connectivity index (χ4n) is 2.55. The number of benzene rings is 2. The normalized spacial score (nSPS) is 17.4. The monoisotopic (exact) mass is 285 g/mol. The van der Waals surface area contributed by atoms with Crippen LogP contribution in [0.15, 0.2) is 53.4 Å². The Bertz CT molecular complexity index is 585. The lowest BCUT2D eigenvalue weighted by Gasteiger charge is -2.25. The molecular weight excluding hydrogens is 266 g/mol. The van der Waals surface area contributed by atoms with Gasteiger partial charge < -0.3 is 10.5 Å². The highest BCUT2D eigenvalue weighted by Gasteiger charge is 2.20. The van der Waals surface area contributed by atoms with E-state index in [1.165, 1.54) is 16.0 Å². The van der Waals surface area contributed by atoms with E-state index in [2.05, 4.69) is 42.5 Å². The maximum Gasteiger partial charge on any atom is 0.122 e. The van der Waals surface area contributed by atoms with Crippen molar-refractivity contribution < 1.29 is 4.74 Å². The number of hydrogen-bond acceptors (Lipinski definition) is 3. The smallest absolute Gasteiger partial charge is 0.122 e. The third-order valence-corrected chi connectivity index (χ3v) is 4.82. The number of hydrogen-bond donors (Lipinski definition) is 1. The molecule has 0 amide bonds. The maximum atomic E-state index is 5.72. The highest BCUT2D eigenvalue weighted by molar-refractivity contribution is 7.99. The molecule has 2 N–H and O–H groups in total. The number of nitrogens with two attached hydrogens (primary N) is 1. The van der Waals surface area contributed by atoms with E-state index in [4.69, 9.17) is 10.5 Å². The van der Waals surface area contributed by atoms with Gasteiger partial charge in [-0.05, 0) is 35.7 Å². The van der Waals surface area contributed by atoms with Crippen molar-refractivity contribution in [2.24, 2.45) is 5.73 Å². The molecule has 1 aliphatic heterocycles. The largest absolute Gasteiger partial charge is 0.493 e. The zero-order valence-electron chi connectivity index (χ0n) is 11.4. The predicted molar refractivity (Wildman–Crippen MR) is 84.4 cm³/mol. The van der Waals surface area contributed by atoms with Gasteiger partial charge in [0.2, 0.25) is 0 Å². The Morgan fingerprint density at radius 2 is 2.05 bits per heavy atom. The topological polar surface area (TPSA) is 35.2 Å². The summed E-state index contributed by atoms with van der Waals surface area (Å²) in [6, 6.07) is 16.9. The first kappa shape index (κ1) is 13.5. The average Bonchev–Trinajstić information content (AvgIpc) is 2.53. The van der Waals surface area contributed by atoms with Crippen molar-refractivity contribution in [1.29, 1.82) is 0 Å². The molecule has 2 aromatic carbocycles. The highest BCUT2D eigenvalue weighted by atomic mass is 32.2. The first-order valence-electron chi connectivity index (χ1n) is 7.00. The molecule has 2 aromatic rings. The van der Waals surface area contributed by atoms with E-state index in [0.29, 0.717) is 12.5 Å². The summed E-state index contributed by atoms with van der Waals surface area (Å²) in [5.41, 5.74) is 8.24. The Kier molecular flexibility index (Phi) is 4.28. The van der Waals surface area contributed by atoms with E-state index in [-0.39, 0.29) is 0 Å². The maximum absolute atomic E-state index is 5.72. The summed E-state index contributed by atoms with van der Waals surface area (Å²) in [5, 5.41) is 0. The summed E-state index contributed by atoms with van der Waals surface area (Å²) in [5.74, 6) is 2.72. The van der Waals surface area contributed by atoms with Gasteiger partial charge in [0, 0.05) is 23.1 Å². The van der Waals surface area contributed by atoms with Crippen LogP contribution in [0.5, 0.6) is 5.75 Å². The van der Waals surface area contributed by atoms with Crippen molar-refractivity contribution >= 4 is 11.8 Å². The third kappa shape index (κ3) is 3.00. The van der Waals surface area contributed by atoms with Crippen molar-refractivity contribution in [1.82, 2.24) is 0 Å². The van der Waals surface area contributed by atoms with Crippen molar-refractivity contribution in [3.05, 3.63) is 59.7 Å². The van der Waals surface area contributed by atoms with Gasteiger partial charge in [0.1, 0.15) is 5.75 Å². The molecule has 0 radical (unpaired) electrons. The van der Waals surface area contributed by atoms with Gasteiger partial charge in [-0.25, -0.2) is 0 Å². The zero-order chi connectivity index (χ0) is 13.8. The van der Waals surface area contributed by atoms with Gasteiger partial charge in [0.15, 0.2) is 0 Å². The van der Waals surface area contributed by atoms with Gasteiger partial charge in [-0.3, -0.25) is 0 Å². The second-order valence-corrected chi connectivity index (χ2v) is 6.13. The van der Waals surface area contributed by atoms with E-state index in [1.54, 1.807) is 0 Å². The predicted octanol–water partition coefficient (Wildman–Crippen LogP) is 3.80. The second-order valence-electron chi connectivity index (χ2n) is 5.03. The Hall–Kier alpha value is -1.45. The molecule has 0 saturated heterocycles. The van der Waals surface area contributed by atoms with Crippen LogP contribution in [-0.2, 0) is 6.54 Å². The lowest BCUT2D eigenvalue weighted by Crippen LogP contribution is -2.15. The summed E-state index contributed by atoms with van der Waals surface area (Å²) >= 11 is 1.91. The molecule has 0 fully saturated rings. The van der Waals surface area contributed by atoms with Crippen LogP contribution in [0.3, 0.4) is 0 Å². The Morgan fingerprint density at radius 1 is 1.15 bits per heavy atom. The van der Waals surface area contributed by atoms with E-state index >= 15 is 0 Å². The summed E-state index contributed by atoms with van der Waals surface area (Å²) in [6.45, 7) is 1.43. The van der Waals surface area contributed by atoms with E-state index < -0.39 is 0 Å². The molecule has 0 aliphatic carbocycles. The van der Waals surface area contributed by atoms with Crippen molar-refractivity contribution in [2.45, 2.75) is 23.8 Å². The lowest BCUT2D eigenvalue weighted by atomic mass is 9.95. The van der Waals surface area contributed by atoms with Crippen LogP contribution in [0, 0.1) is 0 Å². The SMILES string of the molecule is NCc1cccc(SCC2CCOc3ccccc32)c1. The van der Waals surface area contributed by atoms with Crippen molar-refractivity contribution in [2.75, 3.05) is 12.4 Å². The molecule has 1 unspecified atom stereocenters. The molecule has 1 aliphatic rings. The molecule has 1 heterocycles. The number of ether oxygens (including phenoxy) is 1. The first-order valence-corrected chi connectivity index (χ1v) is 7.99. The van der Waals surface area contributed by atoms with Gasteiger partial charge in [-0.15, -0.1) is 11.8 Å². The number of rotatable bonds is 4. The van der Waals surface area contributed by atoms with Crippen LogP contribution in [0.2, 0.25) is 0 Å². The van der Waals surface area contributed by atoms with Crippen molar-refractivity contribution in [3.8, 4) is 5.75 Å². The van der Waals surface area contributed by atoms with Gasteiger partial charge in [0.05, 0.1) is 6.61 Å². The Morgan fingerprint density at radius 3 is 2.95 bits per heavy atom. The van der Waals surface area contributed by atoms with Gasteiger partial charge in [-0.2, -0.15) is 0 Å². The quantitative estimate of drug-likeness (QED) is 0.868. The van der Waals surface area contributed by atoms with E-state index in [1.807, 2.05) is 17.8 Å². The minimum absolute atomic E-state index is 0.575. The summed E-state index contributed by atoms with van der Waals surface area (Å²) in [6.07, 6.45) is 1.10. The number of para-hydroxylation sites is 1. The van der Waals surface area contributed by atoms with Gasteiger partial charge >= 0.3 is 0 Å². The fourth-order valence-corrected chi connectivity index (χ4v) is 3.70. The third-order valence-electron chi connectivity index (χ3n) is 3.67. The molecule has 2 nitrogen and oxygen atoms in total. The number of fused-ring (bicyclic) bond motifs is 1. The molecule has 0 saturated carbocycles. The first-order chi connectivity index (χ1) is 9.86.